The predicted molar refractivity (Wildman–Crippen MR) is 133 cm³/mol. The van der Waals surface area contributed by atoms with Crippen molar-refractivity contribution in [1.82, 2.24) is 14.9 Å². The average molecular weight is 442 g/mol. The first-order valence-corrected chi connectivity index (χ1v) is 11.4. The lowest BCUT2D eigenvalue weighted by Crippen LogP contribution is -2.29. The largest absolute Gasteiger partial charge is 0.491 e. The molecular weight excluding hydrogens is 410 g/mol. The fraction of sp³-hybridized carbons (Fsp3) is 0.286. The molecule has 0 saturated carbocycles. The molecule has 0 aliphatic carbocycles. The second kappa shape index (κ2) is 9.49. The maximum atomic E-state index is 13.0. The van der Waals surface area contributed by atoms with E-state index in [1.165, 1.54) is 5.56 Å². The SMILES string of the molecule is Cc1ccc(C(=O)NC(C)c2nc3ccccc3n2CCOc2cccc(C)c2C)c(C)c1. The zero-order chi connectivity index (χ0) is 23.5. The van der Waals surface area contributed by atoms with E-state index in [1.807, 2.05) is 69.3 Å². The Labute approximate surface area is 195 Å². The number of aryl methyl sites for hydroxylation is 3. The van der Waals surface area contributed by atoms with Crippen LogP contribution in [-0.2, 0) is 6.54 Å². The van der Waals surface area contributed by atoms with Crippen molar-refractivity contribution in [3.8, 4) is 5.75 Å². The fourth-order valence-corrected chi connectivity index (χ4v) is 4.19. The van der Waals surface area contributed by atoms with Crippen LogP contribution in [0.2, 0.25) is 0 Å². The van der Waals surface area contributed by atoms with Crippen LogP contribution >= 0.6 is 0 Å². The number of nitrogens with one attached hydrogen (secondary N) is 1. The number of ether oxygens (including phenoxy) is 1. The van der Waals surface area contributed by atoms with E-state index >= 15 is 0 Å². The molecule has 3 aromatic carbocycles. The van der Waals surface area contributed by atoms with Crippen LogP contribution in [0.5, 0.6) is 5.75 Å². The summed E-state index contributed by atoms with van der Waals surface area (Å²) in [4.78, 5) is 17.8. The monoisotopic (exact) mass is 441 g/mol. The lowest BCUT2D eigenvalue weighted by molar-refractivity contribution is 0.0937. The molecule has 1 amide bonds. The van der Waals surface area contributed by atoms with E-state index in [4.69, 9.17) is 9.72 Å². The number of aromatic nitrogens is 2. The first-order chi connectivity index (χ1) is 15.8. The minimum atomic E-state index is -0.258. The summed E-state index contributed by atoms with van der Waals surface area (Å²) in [5.74, 6) is 1.63. The molecule has 4 aromatic rings. The summed E-state index contributed by atoms with van der Waals surface area (Å²) in [6.07, 6.45) is 0. The van der Waals surface area contributed by atoms with E-state index in [2.05, 4.69) is 35.9 Å². The molecule has 33 heavy (non-hydrogen) atoms. The molecule has 0 aliphatic rings. The van der Waals surface area contributed by atoms with Gasteiger partial charge in [-0.3, -0.25) is 4.79 Å². The van der Waals surface area contributed by atoms with Crippen LogP contribution in [0.1, 0.15) is 51.4 Å². The molecule has 5 nitrogen and oxygen atoms in total. The Morgan fingerprint density at radius 1 is 1.00 bits per heavy atom. The Morgan fingerprint density at radius 3 is 2.58 bits per heavy atom. The van der Waals surface area contributed by atoms with Crippen LogP contribution in [0, 0.1) is 27.7 Å². The molecule has 0 bridgehead atoms. The van der Waals surface area contributed by atoms with Gasteiger partial charge >= 0.3 is 0 Å². The van der Waals surface area contributed by atoms with Gasteiger partial charge in [0.05, 0.1) is 23.6 Å². The number of amides is 1. The summed E-state index contributed by atoms with van der Waals surface area (Å²) >= 11 is 0. The Bertz CT molecular complexity index is 1310. The third kappa shape index (κ3) is 4.77. The summed E-state index contributed by atoms with van der Waals surface area (Å²) in [6, 6.07) is 19.8. The van der Waals surface area contributed by atoms with Gasteiger partial charge in [0.2, 0.25) is 0 Å². The van der Waals surface area contributed by atoms with Crippen molar-refractivity contribution in [3.63, 3.8) is 0 Å². The number of rotatable bonds is 7. The summed E-state index contributed by atoms with van der Waals surface area (Å²) < 4.78 is 8.26. The molecule has 1 heterocycles. The summed E-state index contributed by atoms with van der Waals surface area (Å²) in [6.45, 7) is 11.3. The molecule has 1 atom stereocenters. The maximum absolute atomic E-state index is 13.0. The van der Waals surface area contributed by atoms with Crippen molar-refractivity contribution in [2.45, 2.75) is 47.2 Å². The highest BCUT2D eigenvalue weighted by molar-refractivity contribution is 5.96. The molecule has 4 rings (SSSR count). The molecule has 1 aromatic heterocycles. The topological polar surface area (TPSA) is 56.2 Å². The van der Waals surface area contributed by atoms with Gasteiger partial charge in [0, 0.05) is 5.56 Å². The van der Waals surface area contributed by atoms with Crippen LogP contribution in [0.25, 0.3) is 11.0 Å². The van der Waals surface area contributed by atoms with E-state index in [0.717, 1.165) is 39.3 Å². The van der Waals surface area contributed by atoms with E-state index < -0.39 is 0 Å². The summed E-state index contributed by atoms with van der Waals surface area (Å²) in [5, 5.41) is 3.14. The van der Waals surface area contributed by atoms with E-state index in [1.54, 1.807) is 0 Å². The van der Waals surface area contributed by atoms with Crippen LogP contribution in [0.3, 0.4) is 0 Å². The van der Waals surface area contributed by atoms with Gasteiger partial charge in [-0.25, -0.2) is 4.98 Å². The zero-order valence-electron chi connectivity index (χ0n) is 20.0. The Kier molecular flexibility index (Phi) is 6.50. The Morgan fingerprint density at radius 2 is 1.79 bits per heavy atom. The Balaban J connectivity index is 1.56. The first-order valence-electron chi connectivity index (χ1n) is 11.4. The third-order valence-corrected chi connectivity index (χ3v) is 6.17. The number of nitrogens with zero attached hydrogens (tertiary/aromatic N) is 2. The number of carbonyl (C=O) groups is 1. The van der Waals surface area contributed by atoms with Gasteiger partial charge in [-0.05, 0) is 75.6 Å². The minimum absolute atomic E-state index is 0.0924. The van der Waals surface area contributed by atoms with Crippen molar-refractivity contribution < 1.29 is 9.53 Å². The smallest absolute Gasteiger partial charge is 0.252 e. The van der Waals surface area contributed by atoms with Crippen molar-refractivity contribution in [2.75, 3.05) is 6.61 Å². The van der Waals surface area contributed by atoms with Crippen molar-refractivity contribution >= 4 is 16.9 Å². The average Bonchev–Trinajstić information content (AvgIpc) is 3.15. The number of benzene rings is 3. The van der Waals surface area contributed by atoms with Gasteiger partial charge in [0.25, 0.3) is 5.91 Å². The second-order valence-corrected chi connectivity index (χ2v) is 8.67. The minimum Gasteiger partial charge on any atom is -0.491 e. The number of carbonyl (C=O) groups excluding carboxylic acids is 1. The predicted octanol–water partition coefficient (Wildman–Crippen LogP) is 5.84. The molecule has 1 unspecified atom stereocenters. The van der Waals surface area contributed by atoms with Crippen LogP contribution < -0.4 is 10.1 Å². The van der Waals surface area contributed by atoms with Crippen molar-refractivity contribution in [3.05, 3.63) is 94.3 Å². The summed E-state index contributed by atoms with van der Waals surface area (Å²) in [5.41, 5.74) is 7.11. The van der Waals surface area contributed by atoms with Crippen molar-refractivity contribution in [2.24, 2.45) is 0 Å². The Hall–Kier alpha value is -3.60. The number of hydrogen-bond acceptors (Lipinski definition) is 3. The molecule has 0 aliphatic heterocycles. The highest BCUT2D eigenvalue weighted by atomic mass is 16.5. The van der Waals surface area contributed by atoms with Gasteiger partial charge < -0.3 is 14.6 Å². The molecule has 0 saturated heterocycles. The third-order valence-electron chi connectivity index (χ3n) is 6.17. The highest BCUT2D eigenvalue weighted by Crippen LogP contribution is 2.23. The zero-order valence-corrected chi connectivity index (χ0v) is 20.0. The lowest BCUT2D eigenvalue weighted by Gasteiger charge is -2.18. The van der Waals surface area contributed by atoms with Crippen molar-refractivity contribution in [1.29, 1.82) is 0 Å². The molecule has 0 fully saturated rings. The molecular formula is C28H31N3O2. The van der Waals surface area contributed by atoms with Gasteiger partial charge in [0.15, 0.2) is 0 Å². The van der Waals surface area contributed by atoms with E-state index in [-0.39, 0.29) is 11.9 Å². The van der Waals surface area contributed by atoms with Gasteiger partial charge in [0.1, 0.15) is 18.2 Å². The fourth-order valence-electron chi connectivity index (χ4n) is 4.19. The number of fused-ring (bicyclic) bond motifs is 1. The van der Waals surface area contributed by atoms with Gasteiger partial charge in [-0.1, -0.05) is 42.0 Å². The van der Waals surface area contributed by atoms with Gasteiger partial charge in [-0.2, -0.15) is 0 Å². The molecule has 5 heteroatoms. The van der Waals surface area contributed by atoms with E-state index in [9.17, 15) is 4.79 Å². The van der Waals surface area contributed by atoms with Crippen LogP contribution in [0.4, 0.5) is 0 Å². The molecule has 0 spiro atoms. The number of para-hydroxylation sites is 2. The van der Waals surface area contributed by atoms with Crippen LogP contribution in [0.15, 0.2) is 60.7 Å². The molecule has 1 N–H and O–H groups in total. The highest BCUT2D eigenvalue weighted by Gasteiger charge is 2.20. The lowest BCUT2D eigenvalue weighted by atomic mass is 10.0. The quantitative estimate of drug-likeness (QED) is 0.392. The standard InChI is InChI=1S/C28H31N3O2/c1-18-13-14-23(20(3)17-18)28(32)29-22(5)27-30-24-10-6-7-11-25(24)31(27)15-16-33-26-12-8-9-19(2)21(26)4/h6-14,17,22H,15-16H2,1-5H3,(H,29,32). The number of hydrogen-bond donors (Lipinski definition) is 1. The first kappa shape index (κ1) is 22.6. The second-order valence-electron chi connectivity index (χ2n) is 8.67. The summed E-state index contributed by atoms with van der Waals surface area (Å²) in [7, 11) is 0. The molecule has 0 radical (unpaired) electrons. The van der Waals surface area contributed by atoms with E-state index in [0.29, 0.717) is 18.7 Å². The normalized spacial score (nSPS) is 12.0. The number of imidazole rings is 1. The van der Waals surface area contributed by atoms with Gasteiger partial charge in [-0.15, -0.1) is 0 Å². The maximum Gasteiger partial charge on any atom is 0.252 e. The van der Waals surface area contributed by atoms with Crippen LogP contribution in [-0.4, -0.2) is 22.1 Å². The molecule has 170 valence electrons.